The first-order chi connectivity index (χ1) is 15.2. The highest BCUT2D eigenvalue weighted by Crippen LogP contribution is 2.51. The van der Waals surface area contributed by atoms with Gasteiger partial charge < -0.3 is 14.9 Å². The summed E-state index contributed by atoms with van der Waals surface area (Å²) in [6.45, 7) is 5.98. The van der Waals surface area contributed by atoms with Crippen LogP contribution >= 0.6 is 0 Å². The smallest absolute Gasteiger partial charge is 0.142 e. The summed E-state index contributed by atoms with van der Waals surface area (Å²) in [5.74, 6) is 0.477. The Balaban J connectivity index is 1.59. The molecule has 2 N–H and O–H groups in total. The van der Waals surface area contributed by atoms with Crippen molar-refractivity contribution >= 4 is 0 Å². The summed E-state index contributed by atoms with van der Waals surface area (Å²) >= 11 is 0. The number of aryl methyl sites for hydroxylation is 1. The van der Waals surface area contributed by atoms with Gasteiger partial charge in [0.15, 0.2) is 0 Å². The SMILES string of the molecule is CC(CCCc1ccc(F)cc1)c1cc(O)c2c(c1)OC(C)(C)CC2(O)c1ccccn1. The third-order valence-electron chi connectivity index (χ3n) is 6.26. The van der Waals surface area contributed by atoms with Crippen LogP contribution in [0.25, 0.3) is 0 Å². The van der Waals surface area contributed by atoms with Gasteiger partial charge in [-0.25, -0.2) is 4.39 Å². The fourth-order valence-electron chi connectivity index (χ4n) is 4.70. The van der Waals surface area contributed by atoms with E-state index in [2.05, 4.69) is 11.9 Å². The van der Waals surface area contributed by atoms with E-state index in [0.717, 1.165) is 30.4 Å². The van der Waals surface area contributed by atoms with E-state index in [1.165, 1.54) is 12.1 Å². The summed E-state index contributed by atoms with van der Waals surface area (Å²) < 4.78 is 19.3. The minimum absolute atomic E-state index is 0.0199. The zero-order valence-corrected chi connectivity index (χ0v) is 18.8. The van der Waals surface area contributed by atoms with Gasteiger partial charge in [0.25, 0.3) is 0 Å². The molecule has 0 spiro atoms. The minimum Gasteiger partial charge on any atom is -0.507 e. The van der Waals surface area contributed by atoms with Crippen molar-refractivity contribution in [1.82, 2.24) is 4.98 Å². The number of halogens is 1. The van der Waals surface area contributed by atoms with Crippen molar-refractivity contribution < 1.29 is 19.3 Å². The van der Waals surface area contributed by atoms with Gasteiger partial charge in [0.1, 0.15) is 28.5 Å². The number of aliphatic hydroxyl groups is 1. The maximum Gasteiger partial charge on any atom is 0.142 e. The van der Waals surface area contributed by atoms with Crippen LogP contribution in [0.5, 0.6) is 11.5 Å². The predicted octanol–water partition coefficient (Wildman–Crippen LogP) is 5.85. The van der Waals surface area contributed by atoms with Gasteiger partial charge in [-0.3, -0.25) is 4.98 Å². The van der Waals surface area contributed by atoms with Gasteiger partial charge in [-0.2, -0.15) is 0 Å². The van der Waals surface area contributed by atoms with Gasteiger partial charge in [-0.15, -0.1) is 0 Å². The molecule has 0 saturated heterocycles. The Morgan fingerprint density at radius 3 is 2.56 bits per heavy atom. The van der Waals surface area contributed by atoms with E-state index in [4.69, 9.17) is 4.74 Å². The Hall–Kier alpha value is -2.92. The van der Waals surface area contributed by atoms with Gasteiger partial charge in [-0.05, 0) is 86.6 Å². The van der Waals surface area contributed by atoms with Crippen LogP contribution in [-0.4, -0.2) is 20.8 Å². The highest BCUT2D eigenvalue weighted by molar-refractivity contribution is 5.56. The molecule has 0 saturated carbocycles. The van der Waals surface area contributed by atoms with Crippen molar-refractivity contribution in [3.63, 3.8) is 0 Å². The molecule has 2 unspecified atom stereocenters. The molecule has 0 radical (unpaired) electrons. The lowest BCUT2D eigenvalue weighted by Gasteiger charge is -2.43. The standard InChI is InChI=1S/C27H30FNO3/c1-18(7-6-8-19-10-12-21(28)13-11-19)20-15-22(30)25-23(16-20)32-26(2,3)17-27(25,31)24-9-4-5-14-29-24/h4-5,9-16,18,30-31H,6-8,17H2,1-3H3. The summed E-state index contributed by atoms with van der Waals surface area (Å²) in [7, 11) is 0. The summed E-state index contributed by atoms with van der Waals surface area (Å²) in [5.41, 5.74) is 0.868. The molecule has 32 heavy (non-hydrogen) atoms. The Bertz CT molecular complexity index is 1080. The number of nitrogens with zero attached hydrogens (tertiary/aromatic N) is 1. The van der Waals surface area contributed by atoms with E-state index in [1.807, 2.05) is 38.1 Å². The molecule has 4 nitrogen and oxygen atoms in total. The molecule has 1 aliphatic rings. The number of pyridine rings is 1. The topological polar surface area (TPSA) is 62.6 Å². The third kappa shape index (κ3) is 4.49. The third-order valence-corrected chi connectivity index (χ3v) is 6.26. The van der Waals surface area contributed by atoms with Crippen LogP contribution in [0.3, 0.4) is 0 Å². The summed E-state index contributed by atoms with van der Waals surface area (Å²) in [6, 6.07) is 15.7. The number of phenolic OH excluding ortho intramolecular Hbond substituents is 1. The van der Waals surface area contributed by atoms with E-state index in [-0.39, 0.29) is 23.9 Å². The van der Waals surface area contributed by atoms with Crippen molar-refractivity contribution in [3.05, 3.63) is 89.0 Å². The van der Waals surface area contributed by atoms with Gasteiger partial charge >= 0.3 is 0 Å². The van der Waals surface area contributed by atoms with Crippen LogP contribution < -0.4 is 4.74 Å². The van der Waals surface area contributed by atoms with Gasteiger partial charge in [0.2, 0.25) is 0 Å². The molecular weight excluding hydrogens is 405 g/mol. The molecule has 5 heteroatoms. The quantitative estimate of drug-likeness (QED) is 0.510. The molecule has 2 heterocycles. The summed E-state index contributed by atoms with van der Waals surface area (Å²) in [4.78, 5) is 4.37. The first-order valence-electron chi connectivity index (χ1n) is 11.1. The van der Waals surface area contributed by atoms with E-state index in [1.54, 1.807) is 24.4 Å². The average Bonchev–Trinajstić information content (AvgIpc) is 2.74. The number of phenols is 1. The van der Waals surface area contributed by atoms with Crippen LogP contribution in [0.15, 0.2) is 60.8 Å². The zero-order valence-electron chi connectivity index (χ0n) is 18.8. The fraction of sp³-hybridized carbons (Fsp3) is 0.370. The Morgan fingerprint density at radius 2 is 1.88 bits per heavy atom. The van der Waals surface area contributed by atoms with E-state index in [0.29, 0.717) is 17.0 Å². The van der Waals surface area contributed by atoms with Crippen molar-refractivity contribution in [2.75, 3.05) is 0 Å². The minimum atomic E-state index is -1.44. The van der Waals surface area contributed by atoms with Crippen molar-refractivity contribution in [2.45, 2.75) is 63.6 Å². The lowest BCUT2D eigenvalue weighted by atomic mass is 9.76. The maximum atomic E-state index is 13.1. The molecule has 168 valence electrons. The molecule has 2 aromatic carbocycles. The molecule has 0 aliphatic carbocycles. The second-order valence-corrected chi connectivity index (χ2v) is 9.45. The van der Waals surface area contributed by atoms with Crippen LogP contribution in [0.4, 0.5) is 4.39 Å². The van der Waals surface area contributed by atoms with Gasteiger partial charge in [0, 0.05) is 12.6 Å². The predicted molar refractivity (Wildman–Crippen MR) is 122 cm³/mol. The first-order valence-corrected chi connectivity index (χ1v) is 11.1. The van der Waals surface area contributed by atoms with Crippen LogP contribution in [0.1, 0.15) is 68.3 Å². The number of hydrogen-bond acceptors (Lipinski definition) is 4. The van der Waals surface area contributed by atoms with Crippen LogP contribution in [0, 0.1) is 5.82 Å². The summed E-state index contributed by atoms with van der Waals surface area (Å²) in [5, 5.41) is 22.7. The number of hydrogen-bond donors (Lipinski definition) is 2. The van der Waals surface area contributed by atoms with Crippen molar-refractivity contribution in [2.24, 2.45) is 0 Å². The molecule has 0 bridgehead atoms. The number of fused-ring (bicyclic) bond motifs is 1. The normalized spacial score (nSPS) is 20.3. The monoisotopic (exact) mass is 435 g/mol. The molecule has 0 amide bonds. The van der Waals surface area contributed by atoms with E-state index < -0.39 is 11.2 Å². The largest absolute Gasteiger partial charge is 0.507 e. The summed E-state index contributed by atoms with van der Waals surface area (Å²) in [6.07, 6.45) is 4.64. The van der Waals surface area contributed by atoms with Crippen LogP contribution in [0.2, 0.25) is 0 Å². The average molecular weight is 436 g/mol. The zero-order chi connectivity index (χ0) is 22.9. The maximum absolute atomic E-state index is 13.1. The van der Waals surface area contributed by atoms with Crippen LogP contribution in [-0.2, 0) is 12.0 Å². The second-order valence-electron chi connectivity index (χ2n) is 9.45. The Kier molecular flexibility index (Phi) is 5.95. The van der Waals surface area contributed by atoms with E-state index >= 15 is 0 Å². The van der Waals surface area contributed by atoms with E-state index in [9.17, 15) is 14.6 Å². The number of aromatic hydroxyl groups is 1. The lowest BCUT2D eigenvalue weighted by molar-refractivity contribution is -0.0418. The molecule has 1 aromatic heterocycles. The first kappa shape index (κ1) is 22.3. The molecule has 2 atom stereocenters. The van der Waals surface area contributed by atoms with Gasteiger partial charge in [0.05, 0.1) is 11.3 Å². The fourth-order valence-corrected chi connectivity index (χ4v) is 4.70. The lowest BCUT2D eigenvalue weighted by Crippen LogP contribution is -2.45. The molecule has 4 rings (SSSR count). The highest BCUT2D eigenvalue weighted by Gasteiger charge is 2.48. The number of ether oxygens (including phenoxy) is 1. The number of rotatable bonds is 6. The Morgan fingerprint density at radius 1 is 1.12 bits per heavy atom. The van der Waals surface area contributed by atoms with Crippen molar-refractivity contribution in [1.29, 1.82) is 0 Å². The highest BCUT2D eigenvalue weighted by atomic mass is 19.1. The number of aromatic nitrogens is 1. The van der Waals surface area contributed by atoms with Crippen molar-refractivity contribution in [3.8, 4) is 11.5 Å². The molecule has 0 fully saturated rings. The number of benzene rings is 2. The molecule has 1 aliphatic heterocycles. The Labute approximate surface area is 188 Å². The second kappa shape index (κ2) is 8.55. The van der Waals surface area contributed by atoms with Gasteiger partial charge in [-0.1, -0.05) is 25.1 Å². The molecule has 3 aromatic rings. The molecular formula is C27H30FNO3.